The molecule has 0 amide bonds. The fourth-order valence-electron chi connectivity index (χ4n) is 2.12. The molecule has 4 nitrogen and oxygen atoms in total. The van der Waals surface area contributed by atoms with E-state index >= 15 is 0 Å². The summed E-state index contributed by atoms with van der Waals surface area (Å²) in [5.74, 6) is -0.435. The Labute approximate surface area is 152 Å². The zero-order valence-electron chi connectivity index (χ0n) is 11.9. The van der Waals surface area contributed by atoms with Crippen LogP contribution in [0.15, 0.2) is 47.8 Å². The highest BCUT2D eigenvalue weighted by Gasteiger charge is 2.15. The highest BCUT2D eigenvalue weighted by atomic mass is 79.9. The number of hydrogen-bond acceptors (Lipinski definition) is 5. The van der Waals surface area contributed by atoms with Gasteiger partial charge in [-0.05, 0) is 56.5 Å². The van der Waals surface area contributed by atoms with Crippen LogP contribution < -0.4 is 5.63 Å². The number of hydrogen-bond donors (Lipinski definition) is 0. The van der Waals surface area contributed by atoms with Gasteiger partial charge in [0.25, 0.3) is 0 Å². The molecule has 0 fully saturated rings. The van der Waals surface area contributed by atoms with Crippen molar-refractivity contribution in [1.29, 1.82) is 0 Å². The molecule has 0 saturated heterocycles. The Hall–Kier alpha value is -1.44. The molecule has 3 rings (SSSR count). The number of fused-ring (bicyclic) bond motifs is 1. The normalized spacial score (nSPS) is 10.9. The molecule has 0 aliphatic heterocycles. The predicted octanol–water partition coefficient (Wildman–Crippen LogP) is 5.04. The summed E-state index contributed by atoms with van der Waals surface area (Å²) < 4.78 is 12.1. The monoisotopic (exact) mass is 456 g/mol. The summed E-state index contributed by atoms with van der Waals surface area (Å²) in [6.07, 6.45) is 0. The highest BCUT2D eigenvalue weighted by Crippen LogP contribution is 2.32. The average molecular weight is 458 g/mol. The summed E-state index contributed by atoms with van der Waals surface area (Å²) in [6, 6.07) is 8.61. The molecule has 0 saturated carbocycles. The van der Waals surface area contributed by atoms with E-state index in [1.54, 1.807) is 12.1 Å². The van der Waals surface area contributed by atoms with E-state index in [1.807, 2.05) is 19.1 Å². The second-order valence-corrected chi connectivity index (χ2v) is 8.12. The van der Waals surface area contributed by atoms with E-state index in [4.69, 9.17) is 9.15 Å². The number of aryl methyl sites for hydroxylation is 1. The van der Waals surface area contributed by atoms with Gasteiger partial charge >= 0.3 is 11.6 Å². The van der Waals surface area contributed by atoms with Crippen molar-refractivity contribution in [2.45, 2.75) is 13.5 Å². The van der Waals surface area contributed by atoms with Crippen LogP contribution in [0.25, 0.3) is 11.0 Å². The first kappa shape index (κ1) is 16.4. The summed E-state index contributed by atoms with van der Waals surface area (Å²) in [6.45, 7) is 1.93. The molecular formula is C16H10Br2O4S. The Balaban J connectivity index is 1.87. The lowest BCUT2D eigenvalue weighted by atomic mass is 10.1. The van der Waals surface area contributed by atoms with Crippen LogP contribution in [0.4, 0.5) is 0 Å². The summed E-state index contributed by atoms with van der Waals surface area (Å²) in [4.78, 5) is 24.2. The van der Waals surface area contributed by atoms with Crippen LogP contribution in [-0.2, 0) is 11.3 Å². The van der Waals surface area contributed by atoms with Gasteiger partial charge in [0, 0.05) is 21.5 Å². The van der Waals surface area contributed by atoms with Crippen molar-refractivity contribution in [3.05, 3.63) is 65.0 Å². The van der Waals surface area contributed by atoms with Gasteiger partial charge in [0.05, 0.1) is 3.79 Å². The maximum atomic E-state index is 12.1. The van der Waals surface area contributed by atoms with E-state index in [0.29, 0.717) is 16.0 Å². The fraction of sp³-hybridized carbons (Fsp3) is 0.125. The largest absolute Gasteiger partial charge is 0.457 e. The lowest BCUT2D eigenvalue weighted by Gasteiger charge is -2.07. The first-order chi connectivity index (χ1) is 10.9. The molecule has 2 heterocycles. The molecule has 0 radical (unpaired) electrons. The van der Waals surface area contributed by atoms with Crippen molar-refractivity contribution in [3.63, 3.8) is 0 Å². The number of thiophene rings is 1. The SMILES string of the molecule is Cc1ccc2c(COC(=O)c3cc(Br)c(Br)s3)cc(=O)oc2c1. The van der Waals surface area contributed by atoms with Gasteiger partial charge in [0.1, 0.15) is 17.1 Å². The molecule has 2 aromatic heterocycles. The van der Waals surface area contributed by atoms with Crippen LogP contribution in [0.1, 0.15) is 20.8 Å². The van der Waals surface area contributed by atoms with E-state index in [2.05, 4.69) is 31.9 Å². The number of carbonyl (C=O) groups is 1. The molecule has 1 aromatic carbocycles. The molecule has 0 atom stereocenters. The maximum Gasteiger partial charge on any atom is 0.348 e. The Bertz CT molecular complexity index is 939. The zero-order valence-corrected chi connectivity index (χ0v) is 15.9. The van der Waals surface area contributed by atoms with E-state index in [1.165, 1.54) is 17.4 Å². The van der Waals surface area contributed by atoms with E-state index in [0.717, 1.165) is 19.2 Å². The molecule has 3 aromatic rings. The molecule has 0 aliphatic rings. The quantitative estimate of drug-likeness (QED) is 0.408. The molecule has 7 heteroatoms. The summed E-state index contributed by atoms with van der Waals surface area (Å²) in [5.41, 5.74) is 1.64. The van der Waals surface area contributed by atoms with Crippen LogP contribution in [0, 0.1) is 6.92 Å². The highest BCUT2D eigenvalue weighted by molar-refractivity contribution is 9.13. The lowest BCUT2D eigenvalue weighted by Crippen LogP contribution is -2.06. The molecular weight excluding hydrogens is 448 g/mol. The molecule has 0 bridgehead atoms. The number of benzene rings is 1. The number of halogens is 2. The third kappa shape index (κ3) is 3.57. The minimum atomic E-state index is -0.462. The lowest BCUT2D eigenvalue weighted by molar-refractivity contribution is 0.0479. The van der Waals surface area contributed by atoms with Crippen molar-refractivity contribution >= 4 is 60.1 Å². The van der Waals surface area contributed by atoms with Crippen molar-refractivity contribution in [2.24, 2.45) is 0 Å². The van der Waals surface area contributed by atoms with Gasteiger partial charge in [0.15, 0.2) is 0 Å². The molecule has 23 heavy (non-hydrogen) atoms. The first-order valence-corrected chi connectivity index (χ1v) is 8.99. The minimum Gasteiger partial charge on any atom is -0.457 e. The topological polar surface area (TPSA) is 56.5 Å². The van der Waals surface area contributed by atoms with Gasteiger partial charge in [-0.15, -0.1) is 11.3 Å². The number of esters is 1. The minimum absolute atomic E-state index is 0.0110. The van der Waals surface area contributed by atoms with E-state index in [9.17, 15) is 9.59 Å². The molecule has 0 N–H and O–H groups in total. The average Bonchev–Trinajstić information content (AvgIpc) is 2.83. The fourth-order valence-corrected chi connectivity index (χ4v) is 4.05. The molecule has 0 unspecified atom stereocenters. The molecule has 118 valence electrons. The summed E-state index contributed by atoms with van der Waals surface area (Å²) in [5, 5.41) is 0.761. The maximum absolute atomic E-state index is 12.1. The van der Waals surface area contributed by atoms with Gasteiger partial charge in [-0.3, -0.25) is 0 Å². The van der Waals surface area contributed by atoms with E-state index < -0.39 is 11.6 Å². The van der Waals surface area contributed by atoms with Gasteiger partial charge in [-0.1, -0.05) is 12.1 Å². The Kier molecular flexibility index (Phi) is 4.70. The second kappa shape index (κ2) is 6.59. The standard InChI is InChI=1S/C16H10Br2O4S/c1-8-2-3-10-9(5-14(19)22-12(10)4-8)7-21-16(20)13-6-11(17)15(18)23-13/h2-6H,7H2,1H3. The third-order valence-corrected chi connectivity index (χ3v) is 6.43. The first-order valence-electron chi connectivity index (χ1n) is 6.59. The Morgan fingerprint density at radius 2 is 2.04 bits per heavy atom. The van der Waals surface area contributed by atoms with Crippen molar-refractivity contribution in [2.75, 3.05) is 0 Å². The number of carbonyl (C=O) groups excluding carboxylic acids is 1. The smallest absolute Gasteiger partial charge is 0.348 e. The van der Waals surface area contributed by atoms with Crippen molar-refractivity contribution in [3.8, 4) is 0 Å². The van der Waals surface area contributed by atoms with Crippen molar-refractivity contribution in [1.82, 2.24) is 0 Å². The summed E-state index contributed by atoms with van der Waals surface area (Å²) >= 11 is 7.95. The zero-order chi connectivity index (χ0) is 16.6. The van der Waals surface area contributed by atoms with Crippen LogP contribution in [0.2, 0.25) is 0 Å². The molecule has 0 aliphatic carbocycles. The molecule has 0 spiro atoms. The Morgan fingerprint density at radius 3 is 2.74 bits per heavy atom. The van der Waals surface area contributed by atoms with Crippen LogP contribution >= 0.6 is 43.2 Å². The van der Waals surface area contributed by atoms with Crippen LogP contribution in [0.5, 0.6) is 0 Å². The van der Waals surface area contributed by atoms with Crippen LogP contribution in [0.3, 0.4) is 0 Å². The van der Waals surface area contributed by atoms with Gasteiger partial charge < -0.3 is 9.15 Å². The third-order valence-electron chi connectivity index (χ3n) is 3.19. The number of rotatable bonds is 3. The van der Waals surface area contributed by atoms with Gasteiger partial charge in [0.2, 0.25) is 0 Å². The summed E-state index contributed by atoms with van der Waals surface area (Å²) in [7, 11) is 0. The van der Waals surface area contributed by atoms with Crippen LogP contribution in [-0.4, -0.2) is 5.97 Å². The van der Waals surface area contributed by atoms with E-state index in [-0.39, 0.29) is 6.61 Å². The predicted molar refractivity (Wildman–Crippen MR) is 96.1 cm³/mol. The van der Waals surface area contributed by atoms with Gasteiger partial charge in [-0.25, -0.2) is 9.59 Å². The van der Waals surface area contributed by atoms with Gasteiger partial charge in [-0.2, -0.15) is 0 Å². The number of ether oxygens (including phenoxy) is 1. The Morgan fingerprint density at radius 1 is 1.26 bits per heavy atom. The second-order valence-electron chi connectivity index (χ2n) is 4.90. The van der Waals surface area contributed by atoms with Crippen molar-refractivity contribution < 1.29 is 13.9 Å².